The highest BCUT2D eigenvalue weighted by Gasteiger charge is 1.97. The van der Waals surface area contributed by atoms with Gasteiger partial charge in [0.1, 0.15) is 6.42 Å². The molecule has 0 radical (unpaired) electrons. The van der Waals surface area contributed by atoms with Crippen LogP contribution in [0.5, 0.6) is 0 Å². The van der Waals surface area contributed by atoms with E-state index in [1.807, 2.05) is 5.92 Å². The molecule has 0 bridgehead atoms. The summed E-state index contributed by atoms with van der Waals surface area (Å²) in [6, 6.07) is 0. The van der Waals surface area contributed by atoms with Crippen LogP contribution in [0.1, 0.15) is 0 Å². The summed E-state index contributed by atoms with van der Waals surface area (Å²) in [5.41, 5.74) is 0. The summed E-state index contributed by atoms with van der Waals surface area (Å²) in [7, 11) is 0. The largest absolute Gasteiger partial charge is 0.302 e. The Bertz CT molecular complexity index is 50.4. The van der Waals surface area contributed by atoms with Crippen molar-refractivity contribution < 1.29 is 0 Å². The first kappa shape index (κ1) is 5.01. The van der Waals surface area contributed by atoms with Crippen molar-refractivity contribution in [3.05, 3.63) is 4.84 Å². The van der Waals surface area contributed by atoms with E-state index in [2.05, 4.69) is 6.42 Å². The highest BCUT2D eigenvalue weighted by atomic mass is 35.5. The first-order chi connectivity index (χ1) is 2.27. The van der Waals surface area contributed by atoms with E-state index >= 15 is 0 Å². The molecule has 0 rings (SSSR count). The SMILES string of the molecule is C#C[C+](Cl)Cl. The molecular formula is C3HCl2+. The minimum absolute atomic E-state index is 0.0231. The van der Waals surface area contributed by atoms with Crippen LogP contribution in [0.2, 0.25) is 0 Å². The average Bonchev–Trinajstić information content (AvgIpc) is 1.38. The van der Waals surface area contributed by atoms with Crippen LogP contribution in [0.4, 0.5) is 0 Å². The molecule has 0 atom stereocenters. The lowest BCUT2D eigenvalue weighted by Crippen LogP contribution is -1.55. The van der Waals surface area contributed by atoms with Crippen molar-refractivity contribution in [2.45, 2.75) is 0 Å². The van der Waals surface area contributed by atoms with Crippen LogP contribution in [-0.2, 0) is 0 Å². The molecule has 26 valence electrons. The van der Waals surface area contributed by atoms with Gasteiger partial charge in [-0.2, -0.15) is 0 Å². The van der Waals surface area contributed by atoms with E-state index in [0.717, 1.165) is 0 Å². The molecule has 0 amide bonds. The number of terminal acetylenes is 1. The Kier molecular flexibility index (Phi) is 2.26. The van der Waals surface area contributed by atoms with Gasteiger partial charge in [0.05, 0.1) is 23.2 Å². The van der Waals surface area contributed by atoms with E-state index in [0.29, 0.717) is 0 Å². The maximum absolute atomic E-state index is 4.91. The Labute approximate surface area is 41.1 Å². The van der Waals surface area contributed by atoms with E-state index in [-0.39, 0.29) is 4.84 Å². The highest BCUT2D eigenvalue weighted by molar-refractivity contribution is 6.54. The summed E-state index contributed by atoms with van der Waals surface area (Å²) in [5, 5.41) is 0. The molecule has 5 heavy (non-hydrogen) atoms. The second-order valence-corrected chi connectivity index (χ2v) is 1.35. The summed E-state index contributed by atoms with van der Waals surface area (Å²) in [5.74, 6) is 1.98. The predicted octanol–water partition coefficient (Wildman–Crippen LogP) is 1.59. The first-order valence-electron chi connectivity index (χ1n) is 0.917. The lowest BCUT2D eigenvalue weighted by atomic mass is 10.8. The maximum atomic E-state index is 4.91. The lowest BCUT2D eigenvalue weighted by molar-refractivity contribution is 2.09. The zero-order valence-electron chi connectivity index (χ0n) is 2.33. The quantitative estimate of drug-likeness (QED) is 0.326. The topological polar surface area (TPSA) is 0 Å². The molecule has 0 heterocycles. The molecule has 0 N–H and O–H groups in total. The molecular weight excluding hydrogens is 107 g/mol. The molecule has 0 aromatic heterocycles. The molecule has 0 spiro atoms. The highest BCUT2D eigenvalue weighted by Crippen LogP contribution is 2.06. The van der Waals surface area contributed by atoms with Crippen LogP contribution < -0.4 is 0 Å². The van der Waals surface area contributed by atoms with E-state index in [1.165, 1.54) is 0 Å². The molecule has 0 aliphatic rings. The Balaban J connectivity index is 2.94. The molecule has 0 fully saturated rings. The van der Waals surface area contributed by atoms with Gasteiger partial charge < -0.3 is 0 Å². The Hall–Kier alpha value is 0.01000. The fourth-order valence-electron chi connectivity index (χ4n) is 0. The zero-order valence-corrected chi connectivity index (χ0v) is 3.85. The van der Waals surface area contributed by atoms with Crippen molar-refractivity contribution in [2.75, 3.05) is 0 Å². The van der Waals surface area contributed by atoms with Crippen LogP contribution >= 0.6 is 23.2 Å². The third-order valence-electron chi connectivity index (χ3n) is 0.109. The van der Waals surface area contributed by atoms with Crippen LogP contribution in [-0.4, -0.2) is 0 Å². The van der Waals surface area contributed by atoms with Crippen LogP contribution in [0.15, 0.2) is 0 Å². The molecule has 0 saturated heterocycles. The van der Waals surface area contributed by atoms with Gasteiger partial charge in [-0.3, -0.25) is 0 Å². The summed E-state index contributed by atoms with van der Waals surface area (Å²) < 4.78 is 0. The second kappa shape index (κ2) is 2.26. The van der Waals surface area contributed by atoms with Crippen LogP contribution in [0.3, 0.4) is 0 Å². The van der Waals surface area contributed by atoms with Gasteiger partial charge in [0.25, 0.3) is 0 Å². The van der Waals surface area contributed by atoms with Crippen molar-refractivity contribution in [3.8, 4) is 12.3 Å². The van der Waals surface area contributed by atoms with Gasteiger partial charge >= 0.3 is 4.84 Å². The van der Waals surface area contributed by atoms with Gasteiger partial charge in [-0.1, -0.05) is 0 Å². The predicted molar refractivity (Wildman–Crippen MR) is 23.8 cm³/mol. The number of hydrogen-bond acceptors (Lipinski definition) is 0. The van der Waals surface area contributed by atoms with Crippen molar-refractivity contribution in [3.63, 3.8) is 0 Å². The van der Waals surface area contributed by atoms with E-state index < -0.39 is 0 Å². The smallest absolute Gasteiger partial charge is 0.0648 e. The van der Waals surface area contributed by atoms with E-state index in [9.17, 15) is 0 Å². The number of hydrogen-bond donors (Lipinski definition) is 0. The molecule has 0 nitrogen and oxygen atoms in total. The monoisotopic (exact) mass is 107 g/mol. The maximum Gasteiger partial charge on any atom is 0.302 e. The molecule has 0 aliphatic carbocycles. The fourth-order valence-corrected chi connectivity index (χ4v) is 0. The Morgan fingerprint density at radius 2 is 1.80 bits per heavy atom. The van der Waals surface area contributed by atoms with Crippen LogP contribution in [0.25, 0.3) is 0 Å². The molecule has 0 aromatic carbocycles. The van der Waals surface area contributed by atoms with Gasteiger partial charge in [-0.15, -0.1) is 0 Å². The van der Waals surface area contributed by atoms with Crippen molar-refractivity contribution in [2.24, 2.45) is 0 Å². The zero-order chi connectivity index (χ0) is 4.28. The summed E-state index contributed by atoms with van der Waals surface area (Å²) >= 11 is 9.82. The standard InChI is InChI=1S/C3HCl2/c1-2-3(4)5/h1H/q+1. The normalized spacial score (nSPS) is 5.80. The first-order valence-corrected chi connectivity index (χ1v) is 1.67. The van der Waals surface area contributed by atoms with Crippen molar-refractivity contribution in [1.82, 2.24) is 0 Å². The van der Waals surface area contributed by atoms with E-state index in [4.69, 9.17) is 23.2 Å². The van der Waals surface area contributed by atoms with Gasteiger partial charge in [0, 0.05) is 0 Å². The van der Waals surface area contributed by atoms with Crippen molar-refractivity contribution >= 4 is 23.2 Å². The summed E-state index contributed by atoms with van der Waals surface area (Å²) in [4.78, 5) is -0.0231. The molecule has 0 aliphatic heterocycles. The van der Waals surface area contributed by atoms with Crippen LogP contribution in [0, 0.1) is 17.2 Å². The minimum Gasteiger partial charge on any atom is 0.0648 e. The van der Waals surface area contributed by atoms with Crippen molar-refractivity contribution in [1.29, 1.82) is 0 Å². The third-order valence-corrected chi connectivity index (χ3v) is 0.327. The summed E-state index contributed by atoms with van der Waals surface area (Å²) in [6.45, 7) is 0. The number of halogens is 2. The van der Waals surface area contributed by atoms with Gasteiger partial charge in [-0.05, 0) is 0 Å². The fraction of sp³-hybridized carbons (Fsp3) is 0. The van der Waals surface area contributed by atoms with Gasteiger partial charge in [0.2, 0.25) is 0 Å². The molecule has 0 unspecified atom stereocenters. The Morgan fingerprint density at radius 3 is 1.80 bits per heavy atom. The second-order valence-electron chi connectivity index (χ2n) is 0.405. The number of rotatable bonds is 0. The molecule has 2 heteroatoms. The lowest BCUT2D eigenvalue weighted by Gasteiger charge is -1.57. The summed E-state index contributed by atoms with van der Waals surface area (Å²) in [6.07, 6.45) is 4.62. The average molecular weight is 108 g/mol. The van der Waals surface area contributed by atoms with E-state index in [1.54, 1.807) is 0 Å². The van der Waals surface area contributed by atoms with Gasteiger partial charge in [-0.25, -0.2) is 0 Å². The van der Waals surface area contributed by atoms with Gasteiger partial charge in [0.15, 0.2) is 5.92 Å². The molecule has 0 aromatic rings. The molecule has 0 saturated carbocycles. The third kappa shape index (κ3) is 4.01. The Morgan fingerprint density at radius 1 is 1.60 bits per heavy atom. The minimum atomic E-state index is -0.0231.